The molecule has 0 spiro atoms. The minimum Gasteiger partial charge on any atom is -0.376 e. The van der Waals surface area contributed by atoms with Crippen LogP contribution in [0.3, 0.4) is 0 Å². The van der Waals surface area contributed by atoms with E-state index in [0.29, 0.717) is 5.92 Å². The van der Waals surface area contributed by atoms with Crippen molar-refractivity contribution >= 4 is 0 Å². The molecule has 39 heavy (non-hydrogen) atoms. The molecule has 0 bridgehead atoms. The normalized spacial score (nSPS) is 10.9. The van der Waals surface area contributed by atoms with Crippen molar-refractivity contribution in [1.82, 2.24) is 0 Å². The zero-order valence-corrected chi connectivity index (χ0v) is 21.8. The molecule has 0 unspecified atom stereocenters. The molecule has 0 saturated heterocycles. The fourth-order valence-electron chi connectivity index (χ4n) is 5.05. The second-order valence-electron chi connectivity index (χ2n) is 9.47. The first kappa shape index (κ1) is 25.9. The van der Waals surface area contributed by atoms with Crippen molar-refractivity contribution in [3.05, 3.63) is 215 Å². The molecule has 0 aliphatic rings. The number of benzene rings is 6. The number of aliphatic hydroxyl groups is 1. The summed E-state index contributed by atoms with van der Waals surface area (Å²) < 4.78 is 0. The topological polar surface area (TPSA) is 20.2 Å². The van der Waals surface area contributed by atoms with E-state index in [0.717, 1.165) is 16.7 Å². The Hall–Kier alpha value is -4.72. The summed E-state index contributed by atoms with van der Waals surface area (Å²) >= 11 is 0. The first-order valence-corrected chi connectivity index (χ1v) is 13.3. The zero-order valence-electron chi connectivity index (χ0n) is 21.8. The van der Waals surface area contributed by atoms with Gasteiger partial charge in [0.05, 0.1) is 0 Å². The Morgan fingerprint density at radius 3 is 0.744 bits per heavy atom. The summed E-state index contributed by atoms with van der Waals surface area (Å²) in [6, 6.07) is 61.4. The van der Waals surface area contributed by atoms with E-state index >= 15 is 0 Å². The van der Waals surface area contributed by atoms with E-state index in [1.54, 1.807) is 0 Å². The highest BCUT2D eigenvalue weighted by molar-refractivity contribution is 5.47. The van der Waals surface area contributed by atoms with Gasteiger partial charge in [0.2, 0.25) is 0 Å². The largest absolute Gasteiger partial charge is 0.376 e. The second-order valence-corrected chi connectivity index (χ2v) is 9.47. The molecule has 6 aromatic carbocycles. The summed E-state index contributed by atoms with van der Waals surface area (Å²) in [5.74, 6) is 0.309. The van der Waals surface area contributed by atoms with E-state index in [2.05, 4.69) is 91.0 Å². The molecule has 1 heteroatoms. The van der Waals surface area contributed by atoms with E-state index in [1.807, 2.05) is 91.0 Å². The van der Waals surface area contributed by atoms with Crippen LogP contribution in [-0.4, -0.2) is 5.11 Å². The fourth-order valence-corrected chi connectivity index (χ4v) is 5.05. The van der Waals surface area contributed by atoms with Crippen LogP contribution < -0.4 is 0 Å². The minimum atomic E-state index is -1.12. The molecule has 1 nitrogen and oxygen atoms in total. The van der Waals surface area contributed by atoms with Crippen LogP contribution in [0.5, 0.6) is 0 Å². The van der Waals surface area contributed by atoms with Gasteiger partial charge in [0, 0.05) is 5.92 Å². The number of hydrogen-bond donors (Lipinski definition) is 1. The Morgan fingerprint density at radius 1 is 0.308 bits per heavy atom. The smallest absolute Gasteiger partial charge is 0.140 e. The lowest BCUT2D eigenvalue weighted by atomic mass is 9.80. The molecular weight excluding hydrogens is 472 g/mol. The third-order valence-electron chi connectivity index (χ3n) is 6.97. The highest BCUT2D eigenvalue weighted by Gasteiger charge is 2.33. The van der Waals surface area contributed by atoms with E-state index < -0.39 is 5.60 Å². The van der Waals surface area contributed by atoms with Gasteiger partial charge in [-0.2, -0.15) is 0 Å². The van der Waals surface area contributed by atoms with Gasteiger partial charge in [-0.25, -0.2) is 0 Å². The second kappa shape index (κ2) is 12.7. The Kier molecular flexibility index (Phi) is 8.43. The molecular formula is C38H32O. The van der Waals surface area contributed by atoms with Crippen LogP contribution in [0, 0.1) is 0 Å². The van der Waals surface area contributed by atoms with Gasteiger partial charge in [-0.15, -0.1) is 0 Å². The van der Waals surface area contributed by atoms with E-state index in [1.165, 1.54) is 16.7 Å². The molecule has 6 aromatic rings. The molecule has 0 atom stereocenters. The van der Waals surface area contributed by atoms with Crippen LogP contribution in [-0.2, 0) is 5.60 Å². The highest BCUT2D eigenvalue weighted by Crippen LogP contribution is 2.36. The number of hydrogen-bond acceptors (Lipinski definition) is 1. The third-order valence-corrected chi connectivity index (χ3v) is 6.97. The van der Waals surface area contributed by atoms with Crippen LogP contribution in [0.25, 0.3) is 0 Å². The van der Waals surface area contributed by atoms with Crippen molar-refractivity contribution in [1.29, 1.82) is 0 Å². The van der Waals surface area contributed by atoms with Gasteiger partial charge < -0.3 is 5.11 Å². The predicted molar refractivity (Wildman–Crippen MR) is 162 cm³/mol. The lowest BCUT2D eigenvalue weighted by Gasteiger charge is -2.30. The average Bonchev–Trinajstić information content (AvgIpc) is 3.04. The predicted octanol–water partition coefficient (Wildman–Crippen LogP) is 8.84. The molecule has 190 valence electrons. The maximum absolute atomic E-state index is 11.4. The van der Waals surface area contributed by atoms with Crippen molar-refractivity contribution in [3.63, 3.8) is 0 Å². The Bertz CT molecular complexity index is 1330. The van der Waals surface area contributed by atoms with Crippen molar-refractivity contribution in [2.75, 3.05) is 0 Å². The van der Waals surface area contributed by atoms with E-state index in [9.17, 15) is 5.11 Å². The quantitative estimate of drug-likeness (QED) is 0.225. The van der Waals surface area contributed by atoms with Gasteiger partial charge in [-0.3, -0.25) is 0 Å². The lowest BCUT2D eigenvalue weighted by Crippen LogP contribution is -2.28. The Morgan fingerprint density at radius 2 is 0.513 bits per heavy atom. The number of rotatable bonds is 6. The first-order valence-electron chi connectivity index (χ1n) is 13.3. The van der Waals surface area contributed by atoms with Crippen molar-refractivity contribution in [2.45, 2.75) is 11.5 Å². The summed E-state index contributed by atoms with van der Waals surface area (Å²) in [6.07, 6.45) is 0. The van der Waals surface area contributed by atoms with Crippen LogP contribution in [0.2, 0.25) is 0 Å². The molecule has 0 heterocycles. The van der Waals surface area contributed by atoms with Crippen molar-refractivity contribution in [2.24, 2.45) is 0 Å². The van der Waals surface area contributed by atoms with Gasteiger partial charge in [0.1, 0.15) is 5.60 Å². The summed E-state index contributed by atoms with van der Waals surface area (Å²) in [7, 11) is 0. The van der Waals surface area contributed by atoms with Gasteiger partial charge in [0.25, 0.3) is 0 Å². The van der Waals surface area contributed by atoms with Crippen LogP contribution in [0.4, 0.5) is 0 Å². The molecule has 6 rings (SSSR count). The fraction of sp³-hybridized carbons (Fsp3) is 0.0526. The van der Waals surface area contributed by atoms with Crippen molar-refractivity contribution < 1.29 is 5.11 Å². The lowest BCUT2D eigenvalue weighted by molar-refractivity contribution is 0.125. The first-order chi connectivity index (χ1) is 19.3. The monoisotopic (exact) mass is 504 g/mol. The summed E-state index contributed by atoms with van der Waals surface area (Å²) in [5.41, 5.74) is 5.50. The standard InChI is InChI=1S/C19H16O.C19H16/c20-19(16-10-4-1-5-11-16,17-12-6-2-7-13-17)18-14-8-3-9-15-18;1-4-10-16(11-5-1)19(17-12-6-2-7-13-17)18-14-8-3-9-15-18/h1-15,20H;1-15,19H. The maximum atomic E-state index is 11.4. The molecule has 0 aliphatic carbocycles. The minimum absolute atomic E-state index is 0.309. The molecule has 0 radical (unpaired) electrons. The SMILES string of the molecule is OC(c1ccccc1)(c1ccccc1)c1ccccc1.c1ccc(C(c2ccccc2)c2ccccc2)cc1. The molecule has 1 N–H and O–H groups in total. The van der Waals surface area contributed by atoms with Gasteiger partial charge >= 0.3 is 0 Å². The van der Waals surface area contributed by atoms with Crippen molar-refractivity contribution in [3.8, 4) is 0 Å². The zero-order chi connectivity index (χ0) is 26.8. The summed E-state index contributed by atoms with van der Waals surface area (Å²) in [4.78, 5) is 0. The van der Waals surface area contributed by atoms with Crippen LogP contribution >= 0.6 is 0 Å². The molecule has 0 fully saturated rings. The van der Waals surface area contributed by atoms with E-state index in [-0.39, 0.29) is 0 Å². The third kappa shape index (κ3) is 6.06. The van der Waals surface area contributed by atoms with Gasteiger partial charge in [-0.1, -0.05) is 182 Å². The summed E-state index contributed by atoms with van der Waals surface area (Å²) in [5, 5.41) is 11.4. The highest BCUT2D eigenvalue weighted by atomic mass is 16.3. The molecule has 0 amide bonds. The maximum Gasteiger partial charge on any atom is 0.140 e. The molecule has 0 saturated carbocycles. The van der Waals surface area contributed by atoms with Gasteiger partial charge in [-0.05, 0) is 33.4 Å². The van der Waals surface area contributed by atoms with Crippen LogP contribution in [0.15, 0.2) is 182 Å². The Balaban J connectivity index is 0.000000158. The van der Waals surface area contributed by atoms with Crippen LogP contribution in [0.1, 0.15) is 39.3 Å². The molecule has 0 aliphatic heterocycles. The summed E-state index contributed by atoms with van der Waals surface area (Å²) in [6.45, 7) is 0. The van der Waals surface area contributed by atoms with Gasteiger partial charge in [0.15, 0.2) is 0 Å². The average molecular weight is 505 g/mol. The molecule has 0 aromatic heterocycles. The van der Waals surface area contributed by atoms with E-state index in [4.69, 9.17) is 0 Å². The Labute approximate surface area is 231 Å².